The van der Waals surface area contributed by atoms with E-state index >= 15 is 0 Å². The Bertz CT molecular complexity index is 762. The van der Waals surface area contributed by atoms with Crippen molar-refractivity contribution < 1.29 is 4.39 Å². The number of pyridine rings is 1. The van der Waals surface area contributed by atoms with Gasteiger partial charge in [0.1, 0.15) is 5.82 Å². The van der Waals surface area contributed by atoms with Gasteiger partial charge in [0.25, 0.3) is 5.56 Å². The smallest absolute Gasteiger partial charge is 0.273 e. The fourth-order valence-electron chi connectivity index (χ4n) is 1.86. The number of benzene rings is 1. The van der Waals surface area contributed by atoms with Gasteiger partial charge >= 0.3 is 0 Å². The van der Waals surface area contributed by atoms with E-state index in [1.165, 1.54) is 22.9 Å². The van der Waals surface area contributed by atoms with Crippen molar-refractivity contribution in [2.75, 3.05) is 0 Å². The van der Waals surface area contributed by atoms with Gasteiger partial charge in [-0.05, 0) is 24.3 Å². The Labute approximate surface area is 108 Å². The molecule has 2 aromatic heterocycles. The molecule has 0 bridgehead atoms. The molecule has 0 aliphatic heterocycles. The summed E-state index contributed by atoms with van der Waals surface area (Å²) in [5, 5.41) is 2.92. The third-order valence-electron chi connectivity index (χ3n) is 2.73. The van der Waals surface area contributed by atoms with Crippen molar-refractivity contribution in [3.05, 3.63) is 70.9 Å². The van der Waals surface area contributed by atoms with Crippen molar-refractivity contribution in [1.29, 1.82) is 0 Å². The zero-order valence-corrected chi connectivity index (χ0v) is 9.88. The van der Waals surface area contributed by atoms with Crippen LogP contribution >= 0.6 is 0 Å². The molecule has 0 aliphatic carbocycles. The van der Waals surface area contributed by atoms with Gasteiger partial charge in [0.15, 0.2) is 5.82 Å². The Morgan fingerprint density at radius 3 is 2.74 bits per heavy atom. The molecule has 2 heterocycles. The summed E-state index contributed by atoms with van der Waals surface area (Å²) in [4.78, 5) is 16.0. The number of rotatable bonds is 2. The van der Waals surface area contributed by atoms with Gasteiger partial charge in [0.2, 0.25) is 0 Å². The van der Waals surface area contributed by atoms with Crippen LogP contribution in [0.1, 0.15) is 0 Å². The molecule has 3 aromatic rings. The first-order chi connectivity index (χ1) is 9.24. The van der Waals surface area contributed by atoms with Crippen LogP contribution in [0.3, 0.4) is 0 Å². The summed E-state index contributed by atoms with van der Waals surface area (Å²) in [5.41, 5.74) is 0.930. The van der Waals surface area contributed by atoms with Gasteiger partial charge in [-0.1, -0.05) is 18.2 Å². The Kier molecular flexibility index (Phi) is 2.72. The van der Waals surface area contributed by atoms with Crippen LogP contribution in [0.5, 0.6) is 0 Å². The van der Waals surface area contributed by atoms with E-state index < -0.39 is 0 Å². The zero-order chi connectivity index (χ0) is 13.2. The van der Waals surface area contributed by atoms with Crippen LogP contribution in [0.25, 0.3) is 17.1 Å². The molecule has 4 nitrogen and oxygen atoms in total. The van der Waals surface area contributed by atoms with Gasteiger partial charge in [0, 0.05) is 17.8 Å². The van der Waals surface area contributed by atoms with Crippen molar-refractivity contribution in [2.45, 2.75) is 0 Å². The molecule has 1 aromatic carbocycles. The predicted molar refractivity (Wildman–Crippen MR) is 69.6 cm³/mol. The lowest BCUT2D eigenvalue weighted by Gasteiger charge is -2.00. The summed E-state index contributed by atoms with van der Waals surface area (Å²) in [6.07, 6.45) is 1.60. The Morgan fingerprint density at radius 2 is 2.00 bits per heavy atom. The van der Waals surface area contributed by atoms with Crippen molar-refractivity contribution in [3.63, 3.8) is 0 Å². The van der Waals surface area contributed by atoms with Crippen LogP contribution < -0.4 is 5.56 Å². The first-order valence-electron chi connectivity index (χ1n) is 5.73. The second-order valence-corrected chi connectivity index (χ2v) is 4.04. The molecule has 0 atom stereocenters. The normalized spacial score (nSPS) is 10.6. The standard InChI is InChI=1S/C14H10FN3O/c15-11-5-3-4-10(8-11)12-9-14(19)18(17-12)13-6-1-2-7-16-13/h1-9,17H. The molecule has 1 N–H and O–H groups in total. The predicted octanol–water partition coefficient (Wildman–Crippen LogP) is 2.37. The highest BCUT2D eigenvalue weighted by Crippen LogP contribution is 2.16. The lowest BCUT2D eigenvalue weighted by atomic mass is 10.1. The zero-order valence-electron chi connectivity index (χ0n) is 9.88. The SMILES string of the molecule is O=c1cc(-c2cccc(F)c2)[nH]n1-c1ccccn1. The molecule has 0 saturated carbocycles. The van der Waals surface area contributed by atoms with Gasteiger partial charge in [-0.25, -0.2) is 14.1 Å². The first-order valence-corrected chi connectivity index (χ1v) is 5.73. The lowest BCUT2D eigenvalue weighted by molar-refractivity contribution is 0.628. The second kappa shape index (κ2) is 4.53. The maximum atomic E-state index is 13.2. The van der Waals surface area contributed by atoms with E-state index in [2.05, 4.69) is 10.1 Å². The molecule has 3 rings (SSSR count). The third-order valence-corrected chi connectivity index (χ3v) is 2.73. The largest absolute Gasteiger partial charge is 0.289 e. The molecule has 94 valence electrons. The highest BCUT2D eigenvalue weighted by atomic mass is 19.1. The molecule has 0 aliphatic rings. The molecule has 19 heavy (non-hydrogen) atoms. The molecule has 0 amide bonds. The summed E-state index contributed by atoms with van der Waals surface area (Å²) in [5.74, 6) is 0.152. The molecule has 0 fully saturated rings. The van der Waals surface area contributed by atoms with Crippen molar-refractivity contribution >= 4 is 0 Å². The number of hydrogen-bond donors (Lipinski definition) is 1. The van der Waals surface area contributed by atoms with Crippen LogP contribution in [-0.2, 0) is 0 Å². The number of halogens is 1. The highest BCUT2D eigenvalue weighted by molar-refractivity contribution is 5.58. The molecular formula is C14H10FN3O. The quantitative estimate of drug-likeness (QED) is 0.764. The fraction of sp³-hybridized carbons (Fsp3) is 0. The fourth-order valence-corrected chi connectivity index (χ4v) is 1.86. The summed E-state index contributed by atoms with van der Waals surface area (Å²) in [6.45, 7) is 0. The molecule has 5 heteroatoms. The first kappa shape index (κ1) is 11.4. The van der Waals surface area contributed by atoms with Crippen LogP contribution in [0.15, 0.2) is 59.5 Å². The molecule has 0 unspecified atom stereocenters. The summed E-state index contributed by atoms with van der Waals surface area (Å²) in [6, 6.07) is 12.8. The van der Waals surface area contributed by atoms with E-state index in [9.17, 15) is 9.18 Å². The van der Waals surface area contributed by atoms with E-state index in [1.807, 2.05) is 0 Å². The third kappa shape index (κ3) is 2.18. The summed E-state index contributed by atoms with van der Waals surface area (Å²) < 4.78 is 14.5. The molecule has 0 saturated heterocycles. The average Bonchev–Trinajstić information content (AvgIpc) is 2.82. The number of hydrogen-bond acceptors (Lipinski definition) is 2. The molecule has 0 radical (unpaired) electrons. The van der Waals surface area contributed by atoms with Gasteiger partial charge in [-0.3, -0.25) is 9.89 Å². The Balaban J connectivity index is 2.10. The van der Waals surface area contributed by atoms with Crippen molar-refractivity contribution in [2.24, 2.45) is 0 Å². The summed E-state index contributed by atoms with van der Waals surface area (Å²) >= 11 is 0. The maximum absolute atomic E-state index is 13.2. The minimum atomic E-state index is -0.344. The lowest BCUT2D eigenvalue weighted by Crippen LogP contribution is -2.14. The van der Waals surface area contributed by atoms with Crippen LogP contribution in [0, 0.1) is 5.82 Å². The number of nitrogens with one attached hydrogen (secondary N) is 1. The topological polar surface area (TPSA) is 50.7 Å². The van der Waals surface area contributed by atoms with Gasteiger partial charge in [-0.2, -0.15) is 0 Å². The summed E-state index contributed by atoms with van der Waals surface area (Å²) in [7, 11) is 0. The van der Waals surface area contributed by atoms with E-state index in [1.54, 1.807) is 36.5 Å². The number of nitrogens with zero attached hydrogens (tertiary/aromatic N) is 2. The monoisotopic (exact) mass is 255 g/mol. The van der Waals surface area contributed by atoms with Crippen LogP contribution in [-0.4, -0.2) is 14.8 Å². The van der Waals surface area contributed by atoms with E-state index in [0.29, 0.717) is 17.1 Å². The van der Waals surface area contributed by atoms with E-state index in [0.717, 1.165) is 0 Å². The second-order valence-electron chi connectivity index (χ2n) is 4.04. The number of H-pyrrole nitrogens is 1. The van der Waals surface area contributed by atoms with Gasteiger partial charge < -0.3 is 0 Å². The maximum Gasteiger partial charge on any atom is 0.273 e. The molecular weight excluding hydrogens is 245 g/mol. The van der Waals surface area contributed by atoms with Crippen LogP contribution in [0.4, 0.5) is 4.39 Å². The Morgan fingerprint density at radius 1 is 1.11 bits per heavy atom. The average molecular weight is 255 g/mol. The Hall–Kier alpha value is -2.69. The van der Waals surface area contributed by atoms with E-state index in [4.69, 9.17) is 0 Å². The minimum absolute atomic E-state index is 0.238. The van der Waals surface area contributed by atoms with Gasteiger partial charge in [-0.15, -0.1) is 0 Å². The molecule has 0 spiro atoms. The minimum Gasteiger partial charge on any atom is -0.289 e. The van der Waals surface area contributed by atoms with E-state index in [-0.39, 0.29) is 11.4 Å². The van der Waals surface area contributed by atoms with Gasteiger partial charge in [0.05, 0.1) is 5.69 Å². The van der Waals surface area contributed by atoms with Crippen LogP contribution in [0.2, 0.25) is 0 Å². The number of aromatic nitrogens is 3. The van der Waals surface area contributed by atoms with Crippen molar-refractivity contribution in [3.8, 4) is 17.1 Å². The van der Waals surface area contributed by atoms with Crippen molar-refractivity contribution in [1.82, 2.24) is 14.8 Å². The number of aromatic amines is 1. The highest BCUT2D eigenvalue weighted by Gasteiger charge is 2.07.